The Hall–Kier alpha value is -2.36. The summed E-state index contributed by atoms with van der Waals surface area (Å²) < 4.78 is 40.5. The van der Waals surface area contributed by atoms with E-state index in [-0.39, 0.29) is 30.6 Å². The number of carbonyl (C=O) groups is 2. The molecule has 0 aromatic heterocycles. The summed E-state index contributed by atoms with van der Waals surface area (Å²) in [5.74, 6) is -1.80. The predicted molar refractivity (Wildman–Crippen MR) is 145 cm³/mol. The molecule has 1 unspecified atom stereocenters. The molecule has 11 heteroatoms. The van der Waals surface area contributed by atoms with E-state index in [2.05, 4.69) is 5.32 Å². The minimum atomic E-state index is -4.04. The van der Waals surface area contributed by atoms with Crippen LogP contribution in [0, 0.1) is 5.82 Å². The van der Waals surface area contributed by atoms with Gasteiger partial charge in [-0.1, -0.05) is 67.6 Å². The standard InChI is InChI=1S/C26H32Cl2FN3O4S/c1-3-23(26(34)30-18-10-5-4-6-11-18)31(16-19-20(27)12-9-13-21(19)28)25(33)17-32(37(2,35)36)24-15-8-7-14-22(24)29/h7-9,12-15,18,23H,3-6,10-11,16-17H2,1-2H3,(H,30,34). The van der Waals surface area contributed by atoms with E-state index < -0.39 is 34.3 Å². The van der Waals surface area contributed by atoms with E-state index in [1.54, 1.807) is 25.1 Å². The summed E-state index contributed by atoms with van der Waals surface area (Å²) in [5.41, 5.74) is 0.175. The van der Waals surface area contributed by atoms with Gasteiger partial charge in [-0.05, 0) is 43.5 Å². The maximum absolute atomic E-state index is 14.6. The van der Waals surface area contributed by atoms with Gasteiger partial charge in [-0.15, -0.1) is 0 Å². The summed E-state index contributed by atoms with van der Waals surface area (Å²) >= 11 is 12.8. The third-order valence-electron chi connectivity index (χ3n) is 6.53. The molecule has 0 spiro atoms. The van der Waals surface area contributed by atoms with Crippen LogP contribution >= 0.6 is 23.2 Å². The van der Waals surface area contributed by atoms with E-state index in [1.807, 2.05) is 0 Å². The molecular formula is C26H32Cl2FN3O4S. The second-order valence-electron chi connectivity index (χ2n) is 9.21. The zero-order chi connectivity index (χ0) is 27.2. The number of hydrogen-bond donors (Lipinski definition) is 1. The Kier molecular flexibility index (Phi) is 10.2. The summed E-state index contributed by atoms with van der Waals surface area (Å²) in [6, 6.07) is 9.32. The van der Waals surface area contributed by atoms with Crippen molar-refractivity contribution >= 4 is 50.7 Å². The molecule has 0 bridgehead atoms. The van der Waals surface area contributed by atoms with Crippen LogP contribution < -0.4 is 9.62 Å². The van der Waals surface area contributed by atoms with Gasteiger partial charge in [-0.3, -0.25) is 13.9 Å². The van der Waals surface area contributed by atoms with Crippen molar-refractivity contribution in [3.05, 3.63) is 63.9 Å². The maximum atomic E-state index is 14.6. The molecule has 1 atom stereocenters. The van der Waals surface area contributed by atoms with Crippen molar-refractivity contribution in [1.82, 2.24) is 10.2 Å². The number of sulfonamides is 1. The molecule has 1 aliphatic carbocycles. The van der Waals surface area contributed by atoms with E-state index in [0.717, 1.165) is 44.4 Å². The van der Waals surface area contributed by atoms with Gasteiger partial charge in [0, 0.05) is 28.2 Å². The molecule has 1 fully saturated rings. The largest absolute Gasteiger partial charge is 0.352 e. The van der Waals surface area contributed by atoms with Crippen molar-refractivity contribution in [3.63, 3.8) is 0 Å². The third-order valence-corrected chi connectivity index (χ3v) is 8.36. The van der Waals surface area contributed by atoms with Gasteiger partial charge in [-0.2, -0.15) is 0 Å². The Morgan fingerprint density at radius 1 is 1.05 bits per heavy atom. The number of rotatable bonds is 10. The molecule has 1 N–H and O–H groups in total. The molecule has 2 aromatic carbocycles. The van der Waals surface area contributed by atoms with Crippen LogP contribution in [0.15, 0.2) is 42.5 Å². The summed E-state index contributed by atoms with van der Waals surface area (Å²) in [4.78, 5) is 28.4. The minimum Gasteiger partial charge on any atom is -0.352 e. The van der Waals surface area contributed by atoms with Crippen molar-refractivity contribution in [2.75, 3.05) is 17.1 Å². The fourth-order valence-electron chi connectivity index (χ4n) is 4.57. The van der Waals surface area contributed by atoms with Crippen molar-refractivity contribution in [1.29, 1.82) is 0 Å². The number of para-hydroxylation sites is 1. The normalized spacial score (nSPS) is 15.2. The highest BCUT2D eigenvalue weighted by molar-refractivity contribution is 7.92. The molecule has 2 amide bonds. The average molecular weight is 573 g/mol. The molecule has 1 saturated carbocycles. The van der Waals surface area contributed by atoms with Crippen LogP contribution in [0.3, 0.4) is 0 Å². The number of anilines is 1. The van der Waals surface area contributed by atoms with Crippen LogP contribution in [0.4, 0.5) is 10.1 Å². The summed E-state index contributed by atoms with van der Waals surface area (Å²) in [6.07, 6.45) is 6.05. The summed E-state index contributed by atoms with van der Waals surface area (Å²) in [7, 11) is -4.04. The van der Waals surface area contributed by atoms with E-state index in [0.29, 0.717) is 19.9 Å². The number of nitrogens with one attached hydrogen (secondary N) is 1. The van der Waals surface area contributed by atoms with Crippen LogP contribution in [0.1, 0.15) is 51.0 Å². The van der Waals surface area contributed by atoms with E-state index in [1.165, 1.54) is 23.1 Å². The zero-order valence-corrected chi connectivity index (χ0v) is 23.3. The first-order chi connectivity index (χ1) is 17.5. The quantitative estimate of drug-likeness (QED) is 0.427. The molecule has 0 radical (unpaired) electrons. The SMILES string of the molecule is CCC(C(=O)NC1CCCCC1)N(Cc1c(Cl)cccc1Cl)C(=O)CN(c1ccccc1F)S(C)(=O)=O. The van der Waals surface area contributed by atoms with Gasteiger partial charge in [0.1, 0.15) is 18.4 Å². The fraction of sp³-hybridized carbons (Fsp3) is 0.462. The molecule has 0 heterocycles. The van der Waals surface area contributed by atoms with Crippen LogP contribution in [0.5, 0.6) is 0 Å². The van der Waals surface area contributed by atoms with Crippen molar-refractivity contribution in [3.8, 4) is 0 Å². The smallest absolute Gasteiger partial charge is 0.244 e. The lowest BCUT2D eigenvalue weighted by molar-refractivity contribution is -0.140. The molecule has 202 valence electrons. The number of amides is 2. The van der Waals surface area contributed by atoms with Gasteiger partial charge in [0.15, 0.2) is 0 Å². The highest BCUT2D eigenvalue weighted by Crippen LogP contribution is 2.28. The fourth-order valence-corrected chi connectivity index (χ4v) is 5.93. The first-order valence-corrected chi connectivity index (χ1v) is 14.9. The van der Waals surface area contributed by atoms with E-state index in [4.69, 9.17) is 23.2 Å². The Balaban J connectivity index is 1.97. The number of hydrogen-bond acceptors (Lipinski definition) is 4. The molecule has 1 aliphatic rings. The van der Waals surface area contributed by atoms with E-state index in [9.17, 15) is 22.4 Å². The maximum Gasteiger partial charge on any atom is 0.244 e. The molecular weight excluding hydrogens is 540 g/mol. The Labute approximate surface area is 228 Å². The van der Waals surface area contributed by atoms with E-state index >= 15 is 0 Å². The number of nitrogens with zero attached hydrogens (tertiary/aromatic N) is 2. The lowest BCUT2D eigenvalue weighted by Crippen LogP contribution is -2.54. The average Bonchev–Trinajstić information content (AvgIpc) is 2.84. The predicted octanol–water partition coefficient (Wildman–Crippen LogP) is 5.15. The Morgan fingerprint density at radius 3 is 2.24 bits per heavy atom. The Morgan fingerprint density at radius 2 is 1.68 bits per heavy atom. The van der Waals surface area contributed by atoms with Gasteiger partial charge in [0.05, 0.1) is 11.9 Å². The summed E-state index contributed by atoms with van der Waals surface area (Å²) in [6.45, 7) is 0.947. The lowest BCUT2D eigenvalue weighted by Gasteiger charge is -2.34. The monoisotopic (exact) mass is 571 g/mol. The highest BCUT2D eigenvalue weighted by atomic mass is 35.5. The first kappa shape index (κ1) is 29.2. The first-order valence-electron chi connectivity index (χ1n) is 12.3. The van der Waals surface area contributed by atoms with Crippen LogP contribution in [0.2, 0.25) is 10.0 Å². The molecule has 2 aromatic rings. The van der Waals surface area contributed by atoms with Gasteiger partial charge < -0.3 is 10.2 Å². The van der Waals surface area contributed by atoms with Crippen molar-refractivity contribution in [2.24, 2.45) is 0 Å². The second kappa shape index (κ2) is 12.9. The summed E-state index contributed by atoms with van der Waals surface area (Å²) in [5, 5.41) is 3.67. The second-order valence-corrected chi connectivity index (χ2v) is 11.9. The van der Waals surface area contributed by atoms with Crippen LogP contribution in [0.25, 0.3) is 0 Å². The van der Waals surface area contributed by atoms with Gasteiger partial charge in [-0.25, -0.2) is 12.8 Å². The van der Waals surface area contributed by atoms with Gasteiger partial charge in [0.2, 0.25) is 21.8 Å². The topological polar surface area (TPSA) is 86.8 Å². The number of carbonyl (C=O) groups excluding carboxylic acids is 2. The minimum absolute atomic E-state index is 0.0158. The molecule has 0 aliphatic heterocycles. The molecule has 37 heavy (non-hydrogen) atoms. The number of halogens is 3. The van der Waals surface area contributed by atoms with Gasteiger partial charge >= 0.3 is 0 Å². The molecule has 0 saturated heterocycles. The Bertz CT molecular complexity index is 1200. The highest BCUT2D eigenvalue weighted by Gasteiger charge is 2.34. The zero-order valence-electron chi connectivity index (χ0n) is 20.9. The lowest BCUT2D eigenvalue weighted by atomic mass is 9.95. The molecule has 3 rings (SSSR count). The van der Waals surface area contributed by atoms with Gasteiger partial charge in [0.25, 0.3) is 0 Å². The third kappa shape index (κ3) is 7.58. The molecule has 7 nitrogen and oxygen atoms in total. The van der Waals surface area contributed by atoms with Crippen molar-refractivity contribution < 1.29 is 22.4 Å². The number of benzene rings is 2. The van der Waals surface area contributed by atoms with Crippen LogP contribution in [-0.2, 0) is 26.2 Å². The van der Waals surface area contributed by atoms with Crippen molar-refractivity contribution in [2.45, 2.75) is 64.1 Å². The van der Waals surface area contributed by atoms with Crippen LogP contribution in [-0.4, -0.2) is 50.0 Å².